The van der Waals surface area contributed by atoms with E-state index in [2.05, 4.69) is 15.0 Å². The van der Waals surface area contributed by atoms with Crippen molar-refractivity contribution in [1.29, 1.82) is 0 Å². The fourth-order valence-corrected chi connectivity index (χ4v) is 3.22. The van der Waals surface area contributed by atoms with E-state index in [9.17, 15) is 22.0 Å². The third kappa shape index (κ3) is 5.35. The van der Waals surface area contributed by atoms with Crippen molar-refractivity contribution in [1.82, 2.24) is 10.3 Å². The molecule has 1 unspecified atom stereocenters. The molecule has 1 amide bonds. The van der Waals surface area contributed by atoms with Gasteiger partial charge < -0.3 is 5.32 Å². The molecule has 1 fully saturated rings. The lowest BCUT2D eigenvalue weighted by Gasteiger charge is -2.09. The molecule has 0 aliphatic heterocycles. The Labute approximate surface area is 145 Å². The summed E-state index contributed by atoms with van der Waals surface area (Å²) in [4.78, 5) is 16.1. The Hall–Kier alpha value is -2.29. The van der Waals surface area contributed by atoms with Crippen LogP contribution in [-0.4, -0.2) is 30.7 Å². The van der Waals surface area contributed by atoms with Gasteiger partial charge >= 0.3 is 0 Å². The highest BCUT2D eigenvalue weighted by Crippen LogP contribution is 2.29. The van der Waals surface area contributed by atoms with Gasteiger partial charge in [0.2, 0.25) is 10.0 Å². The number of hydrogen-bond donors (Lipinski definition) is 2. The first-order valence-corrected chi connectivity index (χ1v) is 9.24. The van der Waals surface area contributed by atoms with E-state index in [-0.39, 0.29) is 17.1 Å². The lowest BCUT2D eigenvalue weighted by Crippen LogP contribution is -2.23. The van der Waals surface area contributed by atoms with Crippen LogP contribution >= 0.6 is 0 Å². The Morgan fingerprint density at radius 3 is 2.68 bits per heavy atom. The van der Waals surface area contributed by atoms with Gasteiger partial charge in [-0.25, -0.2) is 22.2 Å². The number of alkyl halides is 1. The lowest BCUT2D eigenvalue weighted by molar-refractivity contribution is 0.0967. The van der Waals surface area contributed by atoms with Gasteiger partial charge in [0.1, 0.15) is 17.8 Å². The van der Waals surface area contributed by atoms with Crippen molar-refractivity contribution < 1.29 is 22.0 Å². The van der Waals surface area contributed by atoms with Crippen LogP contribution < -0.4 is 10.0 Å². The molecule has 1 aromatic heterocycles. The van der Waals surface area contributed by atoms with Crippen LogP contribution in [0.15, 0.2) is 42.0 Å². The number of nitrogens with zero attached hydrogens (tertiary/aromatic N) is 1. The molecule has 1 aliphatic rings. The van der Waals surface area contributed by atoms with Gasteiger partial charge in [-0.15, -0.1) is 0 Å². The highest BCUT2D eigenvalue weighted by atomic mass is 32.2. The number of aromatic nitrogens is 1. The summed E-state index contributed by atoms with van der Waals surface area (Å²) in [6, 6.07) is 2.66. The van der Waals surface area contributed by atoms with Gasteiger partial charge in [0.15, 0.2) is 0 Å². The minimum Gasteiger partial charge on any atom is -0.322 e. The lowest BCUT2D eigenvalue weighted by atomic mass is 10.2. The maximum atomic E-state index is 13.4. The number of anilines is 1. The third-order valence-corrected chi connectivity index (χ3v) is 5.32. The molecule has 0 aromatic carbocycles. The maximum Gasteiger partial charge on any atom is 0.255 e. The molecule has 1 saturated carbocycles. The Bertz CT molecular complexity index is 816. The zero-order valence-electron chi connectivity index (χ0n) is 13.8. The third-order valence-electron chi connectivity index (χ3n) is 3.47. The van der Waals surface area contributed by atoms with E-state index in [1.165, 1.54) is 24.4 Å². The van der Waals surface area contributed by atoms with Crippen molar-refractivity contribution in [2.45, 2.75) is 38.1 Å². The molecule has 136 valence electrons. The molecule has 0 saturated heterocycles. The Kier molecular flexibility index (Phi) is 5.89. The van der Waals surface area contributed by atoms with Gasteiger partial charge in [0, 0.05) is 17.5 Å². The zero-order valence-corrected chi connectivity index (χ0v) is 14.6. The Morgan fingerprint density at radius 1 is 1.44 bits per heavy atom. The van der Waals surface area contributed by atoms with Crippen LogP contribution in [0.5, 0.6) is 0 Å². The summed E-state index contributed by atoms with van der Waals surface area (Å²) < 4.78 is 52.4. The molecule has 1 heterocycles. The highest BCUT2D eigenvalue weighted by molar-refractivity contribution is 7.93. The molecule has 0 spiro atoms. The predicted octanol–water partition coefficient (Wildman–Crippen LogP) is 2.83. The molecule has 25 heavy (non-hydrogen) atoms. The van der Waals surface area contributed by atoms with Crippen molar-refractivity contribution in [2.75, 3.05) is 4.72 Å². The van der Waals surface area contributed by atoms with E-state index >= 15 is 0 Å². The molecule has 9 heteroatoms. The van der Waals surface area contributed by atoms with Crippen LogP contribution in [0.4, 0.5) is 14.6 Å². The molecule has 0 radical (unpaired) electrons. The van der Waals surface area contributed by atoms with Gasteiger partial charge in [-0.2, -0.15) is 0 Å². The summed E-state index contributed by atoms with van der Waals surface area (Å²) in [5.74, 6) is -1.58. The van der Waals surface area contributed by atoms with Crippen LogP contribution in [-0.2, 0) is 10.0 Å². The molecule has 1 aliphatic carbocycles. The monoisotopic (exact) mass is 371 g/mol. The number of pyridine rings is 1. The van der Waals surface area contributed by atoms with Crippen molar-refractivity contribution in [3.63, 3.8) is 0 Å². The normalized spacial score (nSPS) is 17.1. The second-order valence-corrected chi connectivity index (χ2v) is 7.58. The number of carbonyl (C=O) groups excluding carboxylic acids is 1. The second-order valence-electron chi connectivity index (χ2n) is 5.62. The molecular weight excluding hydrogens is 352 g/mol. The van der Waals surface area contributed by atoms with Crippen molar-refractivity contribution in [2.24, 2.45) is 0 Å². The SMILES string of the molecule is C/C=C(\C=C(\F)C(C)F)NC(=O)c1ccnc(NS(=O)(=O)C2CC2)c1. The van der Waals surface area contributed by atoms with E-state index < -0.39 is 33.2 Å². The van der Waals surface area contributed by atoms with Crippen LogP contribution in [0.2, 0.25) is 0 Å². The zero-order chi connectivity index (χ0) is 18.6. The van der Waals surface area contributed by atoms with E-state index in [4.69, 9.17) is 0 Å². The molecule has 1 atom stereocenters. The highest BCUT2D eigenvalue weighted by Gasteiger charge is 2.36. The van der Waals surface area contributed by atoms with Gasteiger partial charge in [-0.1, -0.05) is 6.08 Å². The van der Waals surface area contributed by atoms with E-state index in [1.54, 1.807) is 6.92 Å². The number of rotatable bonds is 7. The van der Waals surface area contributed by atoms with E-state index in [0.29, 0.717) is 12.8 Å². The predicted molar refractivity (Wildman–Crippen MR) is 90.8 cm³/mol. The Morgan fingerprint density at radius 2 is 2.12 bits per heavy atom. The van der Waals surface area contributed by atoms with Crippen LogP contribution in [0, 0.1) is 0 Å². The molecule has 1 aromatic rings. The fraction of sp³-hybridized carbons (Fsp3) is 0.375. The van der Waals surface area contributed by atoms with Gasteiger partial charge in [0.05, 0.1) is 5.25 Å². The average Bonchev–Trinajstić information content (AvgIpc) is 3.39. The number of hydrogen-bond acceptors (Lipinski definition) is 4. The summed E-state index contributed by atoms with van der Waals surface area (Å²) in [5.41, 5.74) is 0.217. The largest absolute Gasteiger partial charge is 0.322 e. The quantitative estimate of drug-likeness (QED) is 0.722. The minimum absolute atomic E-state index is 0.0284. The summed E-state index contributed by atoms with van der Waals surface area (Å²) in [6.07, 6.45) is 3.01. The van der Waals surface area contributed by atoms with Crippen LogP contribution in [0.25, 0.3) is 0 Å². The first kappa shape index (κ1) is 19.0. The molecular formula is C16H19F2N3O3S. The van der Waals surface area contributed by atoms with Crippen molar-refractivity contribution in [3.05, 3.63) is 47.6 Å². The summed E-state index contributed by atoms with van der Waals surface area (Å²) in [5, 5.41) is 2.01. The fourth-order valence-electron chi connectivity index (χ4n) is 1.89. The first-order valence-electron chi connectivity index (χ1n) is 7.69. The first-order chi connectivity index (χ1) is 11.7. The second kappa shape index (κ2) is 7.73. The molecule has 0 bridgehead atoms. The summed E-state index contributed by atoms with van der Waals surface area (Å²) in [6.45, 7) is 2.60. The number of carbonyl (C=O) groups is 1. The average molecular weight is 371 g/mol. The van der Waals surface area contributed by atoms with Gasteiger partial charge in [-0.05, 0) is 44.9 Å². The van der Waals surface area contributed by atoms with Crippen LogP contribution in [0.3, 0.4) is 0 Å². The van der Waals surface area contributed by atoms with E-state index in [0.717, 1.165) is 13.0 Å². The molecule has 6 nitrogen and oxygen atoms in total. The number of sulfonamides is 1. The summed E-state index contributed by atoms with van der Waals surface area (Å²) in [7, 11) is -3.49. The molecule has 2 N–H and O–H groups in total. The van der Waals surface area contributed by atoms with Crippen molar-refractivity contribution in [3.8, 4) is 0 Å². The topological polar surface area (TPSA) is 88.2 Å². The molecule has 2 rings (SSSR count). The minimum atomic E-state index is -3.49. The van der Waals surface area contributed by atoms with Gasteiger partial charge in [-0.3, -0.25) is 9.52 Å². The number of halogens is 2. The number of allylic oxidation sites excluding steroid dienone is 3. The van der Waals surface area contributed by atoms with Gasteiger partial charge in [0.25, 0.3) is 5.91 Å². The summed E-state index contributed by atoms with van der Waals surface area (Å²) >= 11 is 0. The smallest absolute Gasteiger partial charge is 0.255 e. The number of amides is 1. The number of nitrogens with one attached hydrogen (secondary N) is 2. The van der Waals surface area contributed by atoms with Crippen molar-refractivity contribution >= 4 is 21.7 Å². The van der Waals surface area contributed by atoms with Crippen LogP contribution in [0.1, 0.15) is 37.0 Å². The Balaban J connectivity index is 2.11. The van der Waals surface area contributed by atoms with E-state index in [1.807, 2.05) is 0 Å². The maximum absolute atomic E-state index is 13.4. The standard InChI is InChI=1S/C16H19F2N3O3S/c1-3-12(9-14(18)10(2)17)20-16(22)11-6-7-19-15(8-11)21-25(23,24)13-4-5-13/h3,6-10,13H,4-5H2,1-2H3,(H,19,21)(H,20,22)/b12-3+,14-9+.